The summed E-state index contributed by atoms with van der Waals surface area (Å²) in [6.07, 6.45) is 0. The Labute approximate surface area is 157 Å². The van der Waals surface area contributed by atoms with Crippen molar-refractivity contribution >= 4 is 44.8 Å². The highest BCUT2D eigenvalue weighted by molar-refractivity contribution is 7.92. The van der Waals surface area contributed by atoms with E-state index in [0.29, 0.717) is 18.7 Å². The monoisotopic (exact) mass is 400 g/mol. The maximum absolute atomic E-state index is 12.5. The van der Waals surface area contributed by atoms with Gasteiger partial charge < -0.3 is 4.90 Å². The number of benzene rings is 2. The second-order valence-electron chi connectivity index (χ2n) is 5.27. The summed E-state index contributed by atoms with van der Waals surface area (Å²) in [7, 11) is -3.88. The molecule has 0 aromatic heterocycles. The van der Waals surface area contributed by atoms with Crippen LogP contribution < -0.4 is 4.72 Å². The van der Waals surface area contributed by atoms with Gasteiger partial charge in [-0.1, -0.05) is 29.3 Å². The van der Waals surface area contributed by atoms with Crippen molar-refractivity contribution < 1.29 is 13.2 Å². The van der Waals surface area contributed by atoms with E-state index in [4.69, 9.17) is 23.2 Å². The topological polar surface area (TPSA) is 66.5 Å². The first kappa shape index (κ1) is 19.6. The first-order valence-corrected chi connectivity index (χ1v) is 9.89. The van der Waals surface area contributed by atoms with Crippen LogP contribution in [-0.4, -0.2) is 32.3 Å². The SMILES string of the molecule is CCN(CC)C(=O)c1cccc(NS(=O)(=O)c2cc(Cl)cc(Cl)c2)c1. The van der Waals surface area contributed by atoms with Crippen LogP contribution in [0.1, 0.15) is 24.2 Å². The summed E-state index contributed by atoms with van der Waals surface area (Å²) in [4.78, 5) is 14.0. The molecule has 25 heavy (non-hydrogen) atoms. The van der Waals surface area contributed by atoms with Crippen LogP contribution in [0.3, 0.4) is 0 Å². The molecular formula is C17H18Cl2N2O3S. The van der Waals surface area contributed by atoms with E-state index in [9.17, 15) is 13.2 Å². The highest BCUT2D eigenvalue weighted by Gasteiger charge is 2.18. The van der Waals surface area contributed by atoms with Gasteiger partial charge in [-0.25, -0.2) is 8.42 Å². The standard InChI is InChI=1S/C17H18Cl2N2O3S/c1-3-21(4-2)17(22)12-6-5-7-15(8-12)20-25(23,24)16-10-13(18)9-14(19)11-16/h5-11,20H,3-4H2,1-2H3. The van der Waals surface area contributed by atoms with Gasteiger partial charge >= 0.3 is 0 Å². The molecule has 1 amide bonds. The minimum Gasteiger partial charge on any atom is -0.339 e. The Morgan fingerprint density at radius 1 is 1.04 bits per heavy atom. The summed E-state index contributed by atoms with van der Waals surface area (Å²) in [6.45, 7) is 4.92. The van der Waals surface area contributed by atoms with Crippen molar-refractivity contribution in [2.45, 2.75) is 18.7 Å². The third-order valence-corrected chi connectivity index (χ3v) is 5.36. The van der Waals surface area contributed by atoms with Gasteiger partial charge in [0.05, 0.1) is 4.90 Å². The Kier molecular flexibility index (Phi) is 6.32. The van der Waals surface area contributed by atoms with Gasteiger partial charge in [0.1, 0.15) is 0 Å². The minimum atomic E-state index is -3.88. The Bertz CT molecular complexity index is 861. The molecule has 0 spiro atoms. The molecule has 8 heteroatoms. The summed E-state index contributed by atoms with van der Waals surface area (Å²) in [5.74, 6) is -0.156. The van der Waals surface area contributed by atoms with Gasteiger partial charge in [0.15, 0.2) is 0 Å². The van der Waals surface area contributed by atoms with Crippen LogP contribution in [0, 0.1) is 0 Å². The average molecular weight is 401 g/mol. The molecule has 2 aromatic carbocycles. The highest BCUT2D eigenvalue weighted by Crippen LogP contribution is 2.24. The third-order valence-electron chi connectivity index (χ3n) is 3.56. The van der Waals surface area contributed by atoms with Crippen LogP contribution in [0.15, 0.2) is 47.4 Å². The zero-order valence-electron chi connectivity index (χ0n) is 13.8. The number of nitrogens with zero attached hydrogens (tertiary/aromatic N) is 1. The van der Waals surface area contributed by atoms with Crippen LogP contribution in [-0.2, 0) is 10.0 Å². The third kappa shape index (κ3) is 4.87. The molecule has 0 heterocycles. The fourth-order valence-electron chi connectivity index (χ4n) is 2.31. The van der Waals surface area contributed by atoms with E-state index in [0.717, 1.165) is 0 Å². The molecular weight excluding hydrogens is 383 g/mol. The molecule has 0 aliphatic carbocycles. The summed E-state index contributed by atoms with van der Waals surface area (Å²) < 4.78 is 27.5. The summed E-state index contributed by atoms with van der Waals surface area (Å²) in [5.41, 5.74) is 0.696. The van der Waals surface area contributed by atoms with Crippen molar-refractivity contribution in [3.8, 4) is 0 Å². The quantitative estimate of drug-likeness (QED) is 0.786. The normalized spacial score (nSPS) is 11.2. The van der Waals surface area contributed by atoms with Crippen molar-refractivity contribution in [1.29, 1.82) is 0 Å². The molecule has 0 bridgehead atoms. The Hall–Kier alpha value is -1.76. The maximum atomic E-state index is 12.5. The molecule has 1 N–H and O–H groups in total. The van der Waals surface area contributed by atoms with Gasteiger partial charge in [-0.15, -0.1) is 0 Å². The lowest BCUT2D eigenvalue weighted by atomic mass is 10.2. The van der Waals surface area contributed by atoms with Crippen molar-refractivity contribution in [1.82, 2.24) is 4.90 Å². The number of rotatable bonds is 6. The molecule has 0 radical (unpaired) electrons. The van der Waals surface area contributed by atoms with E-state index >= 15 is 0 Å². The first-order chi connectivity index (χ1) is 11.8. The predicted octanol–water partition coefficient (Wildman–Crippen LogP) is 4.28. The molecule has 0 aliphatic heterocycles. The average Bonchev–Trinajstić information content (AvgIpc) is 2.55. The fraction of sp³-hybridized carbons (Fsp3) is 0.235. The Morgan fingerprint density at radius 2 is 1.64 bits per heavy atom. The second kappa shape index (κ2) is 8.08. The number of hydrogen-bond donors (Lipinski definition) is 1. The lowest BCUT2D eigenvalue weighted by Gasteiger charge is -2.19. The zero-order chi connectivity index (χ0) is 18.6. The zero-order valence-corrected chi connectivity index (χ0v) is 16.1. The number of halogens is 2. The highest BCUT2D eigenvalue weighted by atomic mass is 35.5. The van der Waals surface area contributed by atoms with E-state index in [1.54, 1.807) is 23.1 Å². The summed E-state index contributed by atoms with van der Waals surface area (Å²) in [6, 6.07) is 10.4. The number of carbonyl (C=O) groups is 1. The van der Waals surface area contributed by atoms with E-state index in [-0.39, 0.29) is 26.5 Å². The number of anilines is 1. The first-order valence-electron chi connectivity index (χ1n) is 7.65. The molecule has 2 rings (SSSR count). The molecule has 0 saturated heterocycles. The molecule has 5 nitrogen and oxygen atoms in total. The van der Waals surface area contributed by atoms with Crippen LogP contribution in [0.25, 0.3) is 0 Å². The largest absolute Gasteiger partial charge is 0.339 e. The van der Waals surface area contributed by atoms with Crippen molar-refractivity contribution in [3.05, 3.63) is 58.1 Å². The van der Waals surface area contributed by atoms with E-state index in [2.05, 4.69) is 4.72 Å². The van der Waals surface area contributed by atoms with Gasteiger partial charge in [-0.2, -0.15) is 0 Å². The van der Waals surface area contributed by atoms with Crippen LogP contribution in [0.2, 0.25) is 10.0 Å². The summed E-state index contributed by atoms with van der Waals surface area (Å²) >= 11 is 11.7. The van der Waals surface area contributed by atoms with Crippen molar-refractivity contribution in [3.63, 3.8) is 0 Å². The molecule has 0 saturated carbocycles. The van der Waals surface area contributed by atoms with Gasteiger partial charge in [-0.05, 0) is 50.2 Å². The van der Waals surface area contributed by atoms with Crippen LogP contribution in [0.5, 0.6) is 0 Å². The number of sulfonamides is 1. The van der Waals surface area contributed by atoms with Crippen molar-refractivity contribution in [2.75, 3.05) is 17.8 Å². The van der Waals surface area contributed by atoms with Gasteiger partial charge in [0, 0.05) is 34.4 Å². The minimum absolute atomic E-state index is 0.0505. The van der Waals surface area contributed by atoms with E-state index < -0.39 is 10.0 Å². The molecule has 0 unspecified atom stereocenters. The van der Waals surface area contributed by atoms with Gasteiger partial charge in [-0.3, -0.25) is 9.52 Å². The molecule has 0 atom stereocenters. The van der Waals surface area contributed by atoms with Gasteiger partial charge in [0.2, 0.25) is 0 Å². The number of carbonyl (C=O) groups excluding carboxylic acids is 1. The van der Waals surface area contributed by atoms with E-state index in [1.165, 1.54) is 24.3 Å². The smallest absolute Gasteiger partial charge is 0.261 e. The maximum Gasteiger partial charge on any atom is 0.261 e. The summed E-state index contributed by atoms with van der Waals surface area (Å²) in [5, 5.41) is 0.441. The van der Waals surface area contributed by atoms with Crippen LogP contribution >= 0.6 is 23.2 Å². The second-order valence-corrected chi connectivity index (χ2v) is 7.82. The molecule has 0 fully saturated rings. The van der Waals surface area contributed by atoms with Crippen LogP contribution in [0.4, 0.5) is 5.69 Å². The number of amides is 1. The molecule has 134 valence electrons. The number of nitrogens with one attached hydrogen (secondary N) is 1. The molecule has 0 aliphatic rings. The Morgan fingerprint density at radius 3 is 2.20 bits per heavy atom. The fourth-order valence-corrected chi connectivity index (χ4v) is 4.08. The van der Waals surface area contributed by atoms with Crippen molar-refractivity contribution in [2.24, 2.45) is 0 Å². The predicted molar refractivity (Wildman–Crippen MR) is 101 cm³/mol. The lowest BCUT2D eigenvalue weighted by Crippen LogP contribution is -2.30. The lowest BCUT2D eigenvalue weighted by molar-refractivity contribution is 0.0773. The number of hydrogen-bond acceptors (Lipinski definition) is 3. The van der Waals surface area contributed by atoms with Gasteiger partial charge in [0.25, 0.3) is 15.9 Å². The molecule has 2 aromatic rings. The Balaban J connectivity index is 2.31. The van der Waals surface area contributed by atoms with E-state index in [1.807, 2.05) is 13.8 Å².